The highest BCUT2D eigenvalue weighted by atomic mass is 16.5. The molecule has 24 heavy (non-hydrogen) atoms. The number of hydrogen-bond donors (Lipinski definition) is 1. The van der Waals surface area contributed by atoms with E-state index in [-0.39, 0.29) is 11.8 Å². The van der Waals surface area contributed by atoms with Gasteiger partial charge < -0.3 is 24.6 Å². The third-order valence-electron chi connectivity index (χ3n) is 4.32. The van der Waals surface area contributed by atoms with Crippen LogP contribution in [0.2, 0.25) is 0 Å². The molecule has 3 rings (SSSR count). The van der Waals surface area contributed by atoms with Crippen molar-refractivity contribution in [2.45, 2.75) is 12.8 Å². The summed E-state index contributed by atoms with van der Waals surface area (Å²) in [5, 5.41) is 2.99. The molecule has 2 fully saturated rings. The Morgan fingerprint density at radius 1 is 1.21 bits per heavy atom. The molecular formula is C16H25N5O3. The number of morpholine rings is 1. The Morgan fingerprint density at radius 2 is 1.88 bits per heavy atom. The molecule has 1 aromatic rings. The number of ether oxygens (including phenoxy) is 2. The number of aromatic nitrogens is 2. The zero-order chi connectivity index (χ0) is 16.9. The van der Waals surface area contributed by atoms with Crippen LogP contribution in [0.4, 0.5) is 17.5 Å². The molecule has 2 aliphatic heterocycles. The van der Waals surface area contributed by atoms with Crippen LogP contribution >= 0.6 is 0 Å². The standard InChI is InChI=1S/C16H25N5O3/c1-20(2)14-13(18-15(22)12-3-7-23-8-4-12)11-17-16(19-14)21-5-9-24-10-6-21/h11-12H,3-10H2,1-2H3,(H,18,22). The minimum absolute atomic E-state index is 0.00678. The van der Waals surface area contributed by atoms with Crippen LogP contribution in [0.15, 0.2) is 6.20 Å². The van der Waals surface area contributed by atoms with E-state index in [1.165, 1.54) is 0 Å². The van der Waals surface area contributed by atoms with Crippen molar-refractivity contribution in [2.24, 2.45) is 5.92 Å². The molecular weight excluding hydrogens is 310 g/mol. The first kappa shape index (κ1) is 16.9. The lowest BCUT2D eigenvalue weighted by atomic mass is 9.99. The molecule has 0 aromatic carbocycles. The van der Waals surface area contributed by atoms with Crippen molar-refractivity contribution in [1.82, 2.24) is 9.97 Å². The molecule has 0 atom stereocenters. The van der Waals surface area contributed by atoms with Gasteiger partial charge in [-0.25, -0.2) is 4.98 Å². The third kappa shape index (κ3) is 3.93. The number of amides is 1. The summed E-state index contributed by atoms with van der Waals surface area (Å²) in [4.78, 5) is 25.5. The lowest BCUT2D eigenvalue weighted by Crippen LogP contribution is -2.37. The van der Waals surface area contributed by atoms with Crippen molar-refractivity contribution in [3.8, 4) is 0 Å². The topological polar surface area (TPSA) is 79.8 Å². The van der Waals surface area contributed by atoms with Gasteiger partial charge in [-0.3, -0.25) is 4.79 Å². The Kier molecular flexibility index (Phi) is 5.47. The van der Waals surface area contributed by atoms with Crippen LogP contribution < -0.4 is 15.1 Å². The monoisotopic (exact) mass is 335 g/mol. The number of rotatable bonds is 4. The van der Waals surface area contributed by atoms with Crippen molar-refractivity contribution in [3.63, 3.8) is 0 Å². The van der Waals surface area contributed by atoms with E-state index in [0.717, 1.165) is 25.9 Å². The average Bonchev–Trinajstić information content (AvgIpc) is 2.63. The molecule has 3 heterocycles. The van der Waals surface area contributed by atoms with Gasteiger partial charge >= 0.3 is 0 Å². The van der Waals surface area contributed by atoms with Gasteiger partial charge in [0, 0.05) is 46.3 Å². The quantitative estimate of drug-likeness (QED) is 0.869. The molecule has 132 valence electrons. The second kappa shape index (κ2) is 7.76. The predicted octanol–water partition coefficient (Wildman–Crippen LogP) is 0.744. The van der Waals surface area contributed by atoms with Crippen molar-refractivity contribution in [1.29, 1.82) is 0 Å². The maximum absolute atomic E-state index is 12.5. The maximum atomic E-state index is 12.5. The molecule has 0 spiro atoms. The molecule has 0 aliphatic carbocycles. The Balaban J connectivity index is 1.75. The van der Waals surface area contributed by atoms with Crippen LogP contribution in [0.1, 0.15) is 12.8 Å². The molecule has 1 aromatic heterocycles. The second-order valence-electron chi connectivity index (χ2n) is 6.28. The van der Waals surface area contributed by atoms with E-state index in [1.807, 2.05) is 19.0 Å². The highest BCUT2D eigenvalue weighted by Gasteiger charge is 2.24. The Morgan fingerprint density at radius 3 is 2.54 bits per heavy atom. The van der Waals surface area contributed by atoms with Crippen molar-refractivity contribution in [3.05, 3.63) is 6.20 Å². The van der Waals surface area contributed by atoms with Crippen molar-refractivity contribution >= 4 is 23.4 Å². The molecule has 0 radical (unpaired) electrons. The van der Waals surface area contributed by atoms with Crippen molar-refractivity contribution in [2.75, 3.05) is 68.7 Å². The molecule has 2 saturated heterocycles. The van der Waals surface area contributed by atoms with Gasteiger partial charge in [0.1, 0.15) is 5.69 Å². The maximum Gasteiger partial charge on any atom is 0.227 e. The first-order valence-electron chi connectivity index (χ1n) is 8.41. The summed E-state index contributed by atoms with van der Waals surface area (Å²) < 4.78 is 10.7. The molecule has 1 N–H and O–H groups in total. The fourth-order valence-electron chi connectivity index (χ4n) is 2.90. The number of carbonyl (C=O) groups is 1. The van der Waals surface area contributed by atoms with Gasteiger partial charge in [0.15, 0.2) is 5.82 Å². The highest BCUT2D eigenvalue weighted by Crippen LogP contribution is 2.26. The van der Waals surface area contributed by atoms with Crippen molar-refractivity contribution < 1.29 is 14.3 Å². The number of anilines is 3. The number of hydrogen-bond acceptors (Lipinski definition) is 7. The summed E-state index contributed by atoms with van der Waals surface area (Å²) in [5.41, 5.74) is 0.647. The van der Waals surface area contributed by atoms with Gasteiger partial charge in [-0.1, -0.05) is 0 Å². The molecule has 8 nitrogen and oxygen atoms in total. The summed E-state index contributed by atoms with van der Waals surface area (Å²) in [7, 11) is 3.82. The normalized spacial score (nSPS) is 19.2. The fourth-order valence-corrected chi connectivity index (χ4v) is 2.90. The highest BCUT2D eigenvalue weighted by molar-refractivity contribution is 5.95. The lowest BCUT2D eigenvalue weighted by molar-refractivity contribution is -0.122. The van der Waals surface area contributed by atoms with Crippen LogP contribution in [0.3, 0.4) is 0 Å². The minimum Gasteiger partial charge on any atom is -0.381 e. The van der Waals surface area contributed by atoms with Gasteiger partial charge in [0.2, 0.25) is 11.9 Å². The van der Waals surface area contributed by atoms with E-state index < -0.39 is 0 Å². The van der Waals surface area contributed by atoms with Crippen LogP contribution in [0.5, 0.6) is 0 Å². The van der Waals surface area contributed by atoms with Gasteiger partial charge in [0.05, 0.1) is 19.4 Å². The Hall–Kier alpha value is -1.93. The first-order chi connectivity index (χ1) is 11.6. The number of nitrogens with zero attached hydrogens (tertiary/aromatic N) is 4. The SMILES string of the molecule is CN(C)c1nc(N2CCOCC2)ncc1NC(=O)C1CCOCC1. The van der Waals surface area contributed by atoms with Gasteiger partial charge in [0.25, 0.3) is 0 Å². The smallest absolute Gasteiger partial charge is 0.227 e. The summed E-state index contributed by atoms with van der Waals surface area (Å²) >= 11 is 0. The van der Waals surface area contributed by atoms with E-state index in [9.17, 15) is 4.79 Å². The lowest BCUT2D eigenvalue weighted by Gasteiger charge is -2.28. The van der Waals surface area contributed by atoms with Crippen LogP contribution in [-0.4, -0.2) is 69.5 Å². The molecule has 2 aliphatic rings. The van der Waals surface area contributed by atoms with Crippen LogP contribution in [-0.2, 0) is 14.3 Å². The van der Waals surface area contributed by atoms with E-state index in [0.29, 0.717) is 43.9 Å². The Labute approximate surface area is 142 Å². The fraction of sp³-hybridized carbons (Fsp3) is 0.688. The zero-order valence-corrected chi connectivity index (χ0v) is 14.3. The van der Waals surface area contributed by atoms with E-state index in [1.54, 1.807) is 6.20 Å². The van der Waals surface area contributed by atoms with Gasteiger partial charge in [-0.05, 0) is 12.8 Å². The summed E-state index contributed by atoms with van der Waals surface area (Å²) in [6, 6.07) is 0. The van der Waals surface area contributed by atoms with Gasteiger partial charge in [-0.15, -0.1) is 0 Å². The zero-order valence-electron chi connectivity index (χ0n) is 14.3. The summed E-state index contributed by atoms with van der Waals surface area (Å²) in [5.74, 6) is 1.40. The number of nitrogens with one attached hydrogen (secondary N) is 1. The first-order valence-corrected chi connectivity index (χ1v) is 8.41. The molecule has 1 amide bonds. The second-order valence-corrected chi connectivity index (χ2v) is 6.28. The van der Waals surface area contributed by atoms with Gasteiger partial charge in [-0.2, -0.15) is 4.98 Å². The van der Waals surface area contributed by atoms with E-state index >= 15 is 0 Å². The summed E-state index contributed by atoms with van der Waals surface area (Å²) in [6.07, 6.45) is 3.22. The Bertz CT molecular complexity index is 569. The molecule has 0 unspecified atom stereocenters. The predicted molar refractivity (Wildman–Crippen MR) is 91.6 cm³/mol. The summed E-state index contributed by atoms with van der Waals surface area (Å²) in [6.45, 7) is 4.21. The van der Waals surface area contributed by atoms with E-state index in [2.05, 4.69) is 20.2 Å². The van der Waals surface area contributed by atoms with E-state index in [4.69, 9.17) is 9.47 Å². The average molecular weight is 335 g/mol. The van der Waals surface area contributed by atoms with Crippen LogP contribution in [0.25, 0.3) is 0 Å². The number of carbonyl (C=O) groups excluding carboxylic acids is 1. The molecule has 0 bridgehead atoms. The third-order valence-corrected chi connectivity index (χ3v) is 4.32. The largest absolute Gasteiger partial charge is 0.381 e. The minimum atomic E-state index is -0.00678. The molecule has 0 saturated carbocycles. The molecule has 8 heteroatoms. The van der Waals surface area contributed by atoms with Crippen LogP contribution in [0, 0.1) is 5.92 Å².